The number of quaternary nitrogens is 1. The topological polar surface area (TPSA) is 27.6 Å². The summed E-state index contributed by atoms with van der Waals surface area (Å²) in [5, 5.41) is 0. The van der Waals surface area contributed by atoms with Crippen LogP contribution < -0.4 is 5.73 Å². The number of hydrogen-bond acceptors (Lipinski definition) is 0. The molecule has 0 unspecified atom stereocenters. The Labute approximate surface area is 68.2 Å². The summed E-state index contributed by atoms with van der Waals surface area (Å²) in [5.74, 6) is 0. The van der Waals surface area contributed by atoms with E-state index in [0.29, 0.717) is 6.04 Å². The summed E-state index contributed by atoms with van der Waals surface area (Å²) >= 11 is 0. The largest absolute Gasteiger partial charge is 0.352 e. The van der Waals surface area contributed by atoms with Crippen molar-refractivity contribution in [1.82, 2.24) is 0 Å². The van der Waals surface area contributed by atoms with Gasteiger partial charge in [-0.05, 0) is 32.4 Å². The van der Waals surface area contributed by atoms with Crippen molar-refractivity contribution in [3.8, 4) is 0 Å². The van der Waals surface area contributed by atoms with Crippen LogP contribution in [0.4, 0.5) is 0 Å². The first-order chi connectivity index (χ1) is 5.11. The molecule has 11 heavy (non-hydrogen) atoms. The lowest BCUT2D eigenvalue weighted by molar-refractivity contribution is -0.420. The molecule has 0 saturated carbocycles. The lowest BCUT2D eigenvalue weighted by Crippen LogP contribution is -2.52. The van der Waals surface area contributed by atoms with E-state index in [9.17, 15) is 0 Å². The third-order valence-electron chi connectivity index (χ3n) is 1.97. The highest BCUT2D eigenvalue weighted by atomic mass is 14.6. The lowest BCUT2D eigenvalue weighted by atomic mass is 10.0. The quantitative estimate of drug-likeness (QED) is 0.630. The minimum Gasteiger partial charge on any atom is -0.352 e. The molecule has 3 N–H and O–H groups in total. The number of rotatable bonds is 1. The summed E-state index contributed by atoms with van der Waals surface area (Å²) in [6.45, 7) is 6.38. The molecule has 0 saturated heterocycles. The summed E-state index contributed by atoms with van der Waals surface area (Å²) < 4.78 is 0. The maximum absolute atomic E-state index is 4.01. The zero-order valence-corrected chi connectivity index (χ0v) is 7.52. The minimum atomic E-state index is 0.398. The van der Waals surface area contributed by atoms with Gasteiger partial charge in [0.2, 0.25) is 0 Å². The Morgan fingerprint density at radius 3 is 2.36 bits per heavy atom. The smallest absolute Gasteiger partial charge is 0.107 e. The number of hydrogen-bond donors (Lipinski definition) is 1. The Hall–Kier alpha value is -0.820. The molecule has 1 nitrogen and oxygen atoms in total. The van der Waals surface area contributed by atoms with Crippen LogP contribution in [0.15, 0.2) is 18.2 Å². The summed E-state index contributed by atoms with van der Waals surface area (Å²) in [6, 6.07) is 6.91. The predicted octanol–water partition coefficient (Wildman–Crippen LogP) is 1.61. The molecule has 0 aliphatic heterocycles. The fraction of sp³-hybridized carbons (Fsp3) is 0.400. The van der Waals surface area contributed by atoms with Crippen LogP contribution in [0.3, 0.4) is 0 Å². The predicted molar refractivity (Wildman–Crippen MR) is 47.2 cm³/mol. The van der Waals surface area contributed by atoms with Crippen LogP contribution in [0.5, 0.6) is 0 Å². The van der Waals surface area contributed by atoms with E-state index in [1.807, 2.05) is 0 Å². The van der Waals surface area contributed by atoms with E-state index in [4.69, 9.17) is 0 Å². The van der Waals surface area contributed by atoms with Crippen LogP contribution >= 0.6 is 0 Å². The molecule has 0 bridgehead atoms. The molecule has 0 spiro atoms. The molecule has 0 heterocycles. The molecule has 1 heteroatoms. The van der Waals surface area contributed by atoms with Crippen molar-refractivity contribution >= 4 is 0 Å². The Balaban J connectivity index is 3.13. The lowest BCUT2D eigenvalue weighted by Gasteiger charge is -2.07. The van der Waals surface area contributed by atoms with Gasteiger partial charge in [0.1, 0.15) is 6.04 Å². The van der Waals surface area contributed by atoms with E-state index < -0.39 is 0 Å². The number of benzene rings is 1. The van der Waals surface area contributed by atoms with E-state index in [1.54, 1.807) is 0 Å². The molecule has 0 radical (unpaired) electrons. The monoisotopic (exact) mass is 150 g/mol. The SMILES string of the molecule is Cc1ccc(C)c([C@H](C)[NH3+])c1. The van der Waals surface area contributed by atoms with Crippen LogP contribution in [0, 0.1) is 13.8 Å². The standard InChI is InChI=1S/C10H15N/c1-7-4-5-8(2)10(6-7)9(3)11/h4-6,9H,11H2,1-3H3/p+1/t9-/m0/s1. The summed E-state index contributed by atoms with van der Waals surface area (Å²) in [6.07, 6.45) is 0. The van der Waals surface area contributed by atoms with Crippen molar-refractivity contribution in [3.05, 3.63) is 34.9 Å². The van der Waals surface area contributed by atoms with Gasteiger partial charge in [0.05, 0.1) is 0 Å². The molecular weight excluding hydrogens is 134 g/mol. The highest BCUT2D eigenvalue weighted by Crippen LogP contribution is 2.15. The summed E-state index contributed by atoms with van der Waals surface area (Å²) in [5.41, 5.74) is 8.04. The molecule has 1 aromatic carbocycles. The molecule has 0 aromatic heterocycles. The molecule has 1 atom stereocenters. The van der Waals surface area contributed by atoms with E-state index in [1.165, 1.54) is 16.7 Å². The Bertz CT molecular complexity index is 251. The maximum atomic E-state index is 4.01. The van der Waals surface area contributed by atoms with Gasteiger partial charge < -0.3 is 5.73 Å². The fourth-order valence-corrected chi connectivity index (χ4v) is 1.29. The average Bonchev–Trinajstić information content (AvgIpc) is 1.94. The van der Waals surface area contributed by atoms with Gasteiger partial charge in [0, 0.05) is 5.56 Å². The van der Waals surface area contributed by atoms with Gasteiger partial charge in [0.25, 0.3) is 0 Å². The van der Waals surface area contributed by atoms with Crippen molar-refractivity contribution < 1.29 is 5.73 Å². The first kappa shape index (κ1) is 8.28. The molecule has 0 fully saturated rings. The van der Waals surface area contributed by atoms with Crippen molar-refractivity contribution in [1.29, 1.82) is 0 Å². The second-order valence-corrected chi connectivity index (χ2v) is 3.26. The third-order valence-corrected chi connectivity index (χ3v) is 1.97. The van der Waals surface area contributed by atoms with Gasteiger partial charge in [-0.25, -0.2) is 0 Å². The van der Waals surface area contributed by atoms with Crippen molar-refractivity contribution in [2.75, 3.05) is 0 Å². The molecular formula is C10H16N+. The van der Waals surface area contributed by atoms with Crippen LogP contribution in [-0.2, 0) is 0 Å². The summed E-state index contributed by atoms with van der Waals surface area (Å²) in [4.78, 5) is 0. The number of aryl methyl sites for hydroxylation is 2. The average molecular weight is 150 g/mol. The molecule has 1 aromatic rings. The van der Waals surface area contributed by atoms with Crippen LogP contribution in [0.25, 0.3) is 0 Å². The second-order valence-electron chi connectivity index (χ2n) is 3.26. The van der Waals surface area contributed by atoms with Crippen LogP contribution in [-0.4, -0.2) is 0 Å². The van der Waals surface area contributed by atoms with Crippen LogP contribution in [0.1, 0.15) is 29.7 Å². The summed E-state index contributed by atoms with van der Waals surface area (Å²) in [7, 11) is 0. The van der Waals surface area contributed by atoms with E-state index in [-0.39, 0.29) is 0 Å². The first-order valence-corrected chi connectivity index (χ1v) is 4.01. The van der Waals surface area contributed by atoms with Gasteiger partial charge >= 0.3 is 0 Å². The first-order valence-electron chi connectivity index (χ1n) is 4.01. The minimum absolute atomic E-state index is 0.398. The molecule has 0 aliphatic rings. The van der Waals surface area contributed by atoms with Gasteiger partial charge in [0.15, 0.2) is 0 Å². The Kier molecular flexibility index (Phi) is 2.30. The van der Waals surface area contributed by atoms with Crippen molar-refractivity contribution in [3.63, 3.8) is 0 Å². The van der Waals surface area contributed by atoms with Crippen LogP contribution in [0.2, 0.25) is 0 Å². The van der Waals surface area contributed by atoms with E-state index in [0.717, 1.165) is 0 Å². The molecule has 0 aliphatic carbocycles. The normalized spacial score (nSPS) is 13.1. The van der Waals surface area contributed by atoms with Gasteiger partial charge in [-0.1, -0.05) is 17.7 Å². The third kappa shape index (κ3) is 1.81. The fourth-order valence-electron chi connectivity index (χ4n) is 1.29. The highest BCUT2D eigenvalue weighted by Gasteiger charge is 2.05. The van der Waals surface area contributed by atoms with E-state index in [2.05, 4.69) is 44.7 Å². The molecule has 0 amide bonds. The maximum Gasteiger partial charge on any atom is 0.107 e. The Morgan fingerprint density at radius 1 is 1.27 bits per heavy atom. The molecule has 60 valence electrons. The van der Waals surface area contributed by atoms with Crippen molar-refractivity contribution in [2.45, 2.75) is 26.8 Å². The van der Waals surface area contributed by atoms with Crippen molar-refractivity contribution in [2.24, 2.45) is 0 Å². The Morgan fingerprint density at radius 2 is 1.91 bits per heavy atom. The highest BCUT2D eigenvalue weighted by molar-refractivity contribution is 5.31. The van der Waals surface area contributed by atoms with E-state index >= 15 is 0 Å². The second kappa shape index (κ2) is 3.05. The molecule has 1 rings (SSSR count). The van der Waals surface area contributed by atoms with Gasteiger partial charge in [-0.2, -0.15) is 0 Å². The zero-order chi connectivity index (χ0) is 8.43. The van der Waals surface area contributed by atoms with Gasteiger partial charge in [-0.15, -0.1) is 0 Å². The van der Waals surface area contributed by atoms with Gasteiger partial charge in [-0.3, -0.25) is 0 Å². The zero-order valence-electron chi connectivity index (χ0n) is 7.52.